The summed E-state index contributed by atoms with van der Waals surface area (Å²) in [5, 5.41) is 11.4. The summed E-state index contributed by atoms with van der Waals surface area (Å²) >= 11 is 0. The van der Waals surface area contributed by atoms with Crippen LogP contribution >= 0.6 is 0 Å². The summed E-state index contributed by atoms with van der Waals surface area (Å²) in [5.74, 6) is 0.129. The zero-order chi connectivity index (χ0) is 13.0. The lowest BCUT2D eigenvalue weighted by atomic mass is 9.91. The lowest BCUT2D eigenvalue weighted by Gasteiger charge is -2.21. The third-order valence-electron chi connectivity index (χ3n) is 3.38. The van der Waals surface area contributed by atoms with E-state index in [1.165, 1.54) is 0 Å². The number of nitrogens with two attached hydrogens (primary N) is 1. The molecule has 3 N–H and O–H groups in total. The third kappa shape index (κ3) is 2.68. The summed E-state index contributed by atoms with van der Waals surface area (Å²) in [6.45, 7) is 2.62. The Labute approximate surface area is 108 Å². The monoisotopic (exact) mass is 244 g/mol. The maximum atomic E-state index is 10.4. The van der Waals surface area contributed by atoms with Crippen molar-refractivity contribution >= 4 is 10.9 Å². The van der Waals surface area contributed by atoms with Crippen molar-refractivity contribution in [2.45, 2.75) is 25.9 Å². The summed E-state index contributed by atoms with van der Waals surface area (Å²) in [5.41, 5.74) is 7.62. The molecule has 18 heavy (non-hydrogen) atoms. The molecule has 1 aromatic heterocycles. The van der Waals surface area contributed by atoms with Gasteiger partial charge in [0.15, 0.2) is 0 Å². The highest BCUT2D eigenvalue weighted by atomic mass is 16.3. The van der Waals surface area contributed by atoms with Crippen LogP contribution in [0.2, 0.25) is 0 Å². The molecule has 0 spiro atoms. The smallest absolute Gasteiger partial charge is 0.0830 e. The van der Waals surface area contributed by atoms with Gasteiger partial charge in [-0.15, -0.1) is 0 Å². The minimum Gasteiger partial charge on any atom is -0.388 e. The Morgan fingerprint density at radius 2 is 2.17 bits per heavy atom. The number of aromatic nitrogens is 1. The van der Waals surface area contributed by atoms with Crippen molar-refractivity contribution in [2.24, 2.45) is 11.7 Å². The van der Waals surface area contributed by atoms with Gasteiger partial charge in [-0.05, 0) is 36.7 Å². The molecule has 0 amide bonds. The van der Waals surface area contributed by atoms with Crippen molar-refractivity contribution in [2.75, 3.05) is 6.54 Å². The first-order chi connectivity index (χ1) is 8.76. The van der Waals surface area contributed by atoms with Gasteiger partial charge in [0.2, 0.25) is 0 Å². The van der Waals surface area contributed by atoms with Crippen LogP contribution in [-0.2, 0) is 0 Å². The first-order valence-corrected chi connectivity index (χ1v) is 6.49. The van der Waals surface area contributed by atoms with E-state index >= 15 is 0 Å². The van der Waals surface area contributed by atoms with Gasteiger partial charge in [0.1, 0.15) is 0 Å². The molecule has 2 rings (SSSR count). The molecule has 2 atom stereocenters. The molecule has 0 radical (unpaired) electrons. The van der Waals surface area contributed by atoms with E-state index in [1.54, 1.807) is 6.20 Å². The molecule has 3 nitrogen and oxygen atoms in total. The van der Waals surface area contributed by atoms with E-state index in [-0.39, 0.29) is 5.92 Å². The van der Waals surface area contributed by atoms with E-state index in [0.29, 0.717) is 6.54 Å². The number of nitrogens with zero attached hydrogens (tertiary/aromatic N) is 1. The van der Waals surface area contributed by atoms with E-state index in [4.69, 9.17) is 5.73 Å². The number of hydrogen-bond acceptors (Lipinski definition) is 3. The summed E-state index contributed by atoms with van der Waals surface area (Å²) in [6.07, 6.45) is 3.27. The second kappa shape index (κ2) is 5.94. The fourth-order valence-corrected chi connectivity index (χ4v) is 2.33. The largest absolute Gasteiger partial charge is 0.388 e. The topological polar surface area (TPSA) is 59.1 Å². The normalized spacial score (nSPS) is 14.6. The predicted molar refractivity (Wildman–Crippen MR) is 74.2 cm³/mol. The Hall–Kier alpha value is -1.45. The van der Waals surface area contributed by atoms with Gasteiger partial charge in [-0.1, -0.05) is 25.5 Å². The van der Waals surface area contributed by atoms with Gasteiger partial charge < -0.3 is 10.8 Å². The minimum atomic E-state index is -0.487. The first kappa shape index (κ1) is 13.0. The van der Waals surface area contributed by atoms with E-state index in [2.05, 4.69) is 11.9 Å². The van der Waals surface area contributed by atoms with Gasteiger partial charge in [0, 0.05) is 17.5 Å². The molecule has 0 aliphatic heterocycles. The van der Waals surface area contributed by atoms with Crippen LogP contribution in [0.15, 0.2) is 36.5 Å². The SMILES string of the molecule is CCCC(CN)C(O)c1ccc2ncccc2c1. The Bertz CT molecular complexity index is 513. The summed E-state index contributed by atoms with van der Waals surface area (Å²) in [6, 6.07) is 9.82. The average Bonchev–Trinajstić information content (AvgIpc) is 2.43. The van der Waals surface area contributed by atoms with Crippen molar-refractivity contribution < 1.29 is 5.11 Å². The second-order valence-corrected chi connectivity index (χ2v) is 4.68. The summed E-state index contributed by atoms with van der Waals surface area (Å²) < 4.78 is 0. The van der Waals surface area contributed by atoms with Crippen LogP contribution in [-0.4, -0.2) is 16.6 Å². The highest BCUT2D eigenvalue weighted by Crippen LogP contribution is 2.27. The van der Waals surface area contributed by atoms with Gasteiger partial charge >= 0.3 is 0 Å². The zero-order valence-electron chi connectivity index (χ0n) is 10.7. The van der Waals surface area contributed by atoms with Crippen molar-refractivity contribution in [3.8, 4) is 0 Å². The van der Waals surface area contributed by atoms with Crippen LogP contribution in [0.25, 0.3) is 10.9 Å². The van der Waals surface area contributed by atoms with Gasteiger partial charge in [0.05, 0.1) is 11.6 Å². The number of pyridine rings is 1. The Morgan fingerprint density at radius 1 is 1.33 bits per heavy atom. The van der Waals surface area contributed by atoms with Crippen LogP contribution in [0.1, 0.15) is 31.4 Å². The number of fused-ring (bicyclic) bond motifs is 1. The highest BCUT2D eigenvalue weighted by Gasteiger charge is 2.18. The molecule has 3 heteroatoms. The Morgan fingerprint density at radius 3 is 2.89 bits per heavy atom. The molecule has 0 aliphatic carbocycles. The third-order valence-corrected chi connectivity index (χ3v) is 3.38. The van der Waals surface area contributed by atoms with Gasteiger partial charge in [0.25, 0.3) is 0 Å². The number of benzene rings is 1. The van der Waals surface area contributed by atoms with E-state index in [9.17, 15) is 5.11 Å². The second-order valence-electron chi connectivity index (χ2n) is 4.68. The van der Waals surface area contributed by atoms with Crippen LogP contribution in [0.5, 0.6) is 0 Å². The van der Waals surface area contributed by atoms with Crippen molar-refractivity contribution in [1.82, 2.24) is 4.98 Å². The zero-order valence-corrected chi connectivity index (χ0v) is 10.7. The van der Waals surface area contributed by atoms with E-state index in [1.807, 2.05) is 30.3 Å². The van der Waals surface area contributed by atoms with E-state index < -0.39 is 6.10 Å². The summed E-state index contributed by atoms with van der Waals surface area (Å²) in [7, 11) is 0. The molecule has 0 fully saturated rings. The van der Waals surface area contributed by atoms with Crippen molar-refractivity contribution in [3.63, 3.8) is 0 Å². The molecule has 2 aromatic rings. The maximum absolute atomic E-state index is 10.4. The quantitative estimate of drug-likeness (QED) is 0.850. The molecule has 1 heterocycles. The van der Waals surface area contributed by atoms with Gasteiger partial charge in [-0.2, -0.15) is 0 Å². The molecule has 0 saturated carbocycles. The van der Waals surface area contributed by atoms with Crippen LogP contribution < -0.4 is 5.73 Å². The molecule has 2 unspecified atom stereocenters. The van der Waals surface area contributed by atoms with Crippen molar-refractivity contribution in [3.05, 3.63) is 42.1 Å². The molecule has 96 valence electrons. The molecule has 1 aromatic carbocycles. The van der Waals surface area contributed by atoms with Gasteiger partial charge in [-0.3, -0.25) is 4.98 Å². The predicted octanol–water partition coefficient (Wildman–Crippen LogP) is 2.64. The maximum Gasteiger partial charge on any atom is 0.0830 e. The minimum absolute atomic E-state index is 0.129. The molecular weight excluding hydrogens is 224 g/mol. The fourth-order valence-electron chi connectivity index (χ4n) is 2.33. The molecule has 0 saturated heterocycles. The van der Waals surface area contributed by atoms with E-state index in [0.717, 1.165) is 29.3 Å². The lowest BCUT2D eigenvalue weighted by Crippen LogP contribution is -2.21. The molecule has 0 aliphatic rings. The summed E-state index contributed by atoms with van der Waals surface area (Å²) in [4.78, 5) is 4.28. The van der Waals surface area contributed by atoms with Crippen LogP contribution in [0, 0.1) is 5.92 Å². The fraction of sp³-hybridized carbons (Fsp3) is 0.400. The Balaban J connectivity index is 2.29. The number of aliphatic hydroxyl groups excluding tert-OH is 1. The number of rotatable bonds is 5. The van der Waals surface area contributed by atoms with Crippen LogP contribution in [0.4, 0.5) is 0 Å². The Kier molecular flexibility index (Phi) is 4.28. The average molecular weight is 244 g/mol. The van der Waals surface area contributed by atoms with Gasteiger partial charge in [-0.25, -0.2) is 0 Å². The number of hydrogen-bond donors (Lipinski definition) is 2. The number of aliphatic hydroxyl groups is 1. The first-order valence-electron chi connectivity index (χ1n) is 6.49. The standard InChI is InChI=1S/C15H20N2O/c1-2-4-13(10-16)15(18)12-6-7-14-11(9-12)5-3-8-17-14/h3,5-9,13,15,18H,2,4,10,16H2,1H3. The highest BCUT2D eigenvalue weighted by molar-refractivity contribution is 5.79. The molecular formula is C15H20N2O. The van der Waals surface area contributed by atoms with Crippen LogP contribution in [0.3, 0.4) is 0 Å². The lowest BCUT2D eigenvalue weighted by molar-refractivity contribution is 0.107. The molecule has 0 bridgehead atoms. The van der Waals surface area contributed by atoms with Crippen molar-refractivity contribution in [1.29, 1.82) is 0 Å².